The van der Waals surface area contributed by atoms with Gasteiger partial charge < -0.3 is 9.47 Å². The van der Waals surface area contributed by atoms with Gasteiger partial charge in [0.05, 0.1) is 13.2 Å². The van der Waals surface area contributed by atoms with Crippen molar-refractivity contribution in [2.75, 3.05) is 13.2 Å². The highest BCUT2D eigenvalue weighted by atomic mass is 16.5. The van der Waals surface area contributed by atoms with Gasteiger partial charge in [0.1, 0.15) is 11.5 Å². The largest absolute Gasteiger partial charge is 0.492 e. The van der Waals surface area contributed by atoms with Crippen molar-refractivity contribution in [2.45, 2.75) is 92.9 Å². The lowest BCUT2D eigenvalue weighted by molar-refractivity contribution is 0.291. The van der Waals surface area contributed by atoms with E-state index in [1.807, 2.05) is 0 Å². The second kappa shape index (κ2) is 10.2. The number of fused-ring (bicyclic) bond motifs is 2. The monoisotopic (exact) mass is 462 g/mol. The smallest absolute Gasteiger partial charge is 0.135 e. The van der Waals surface area contributed by atoms with Crippen molar-refractivity contribution in [3.05, 3.63) is 47.5 Å². The first-order valence-corrected chi connectivity index (χ1v) is 13.1. The Morgan fingerprint density at radius 2 is 0.912 bits per heavy atom. The van der Waals surface area contributed by atoms with Crippen molar-refractivity contribution >= 4 is 21.5 Å². The molecule has 0 N–H and O–H groups in total. The molecule has 0 spiro atoms. The first-order chi connectivity index (χ1) is 15.8. The molecule has 0 saturated carbocycles. The van der Waals surface area contributed by atoms with Crippen LogP contribution in [0.4, 0.5) is 0 Å². The molecular weight excluding hydrogens is 416 g/mol. The molecule has 3 rings (SSSR count). The molecule has 186 valence electrons. The quantitative estimate of drug-likeness (QED) is 0.310. The molecule has 3 aromatic rings. The van der Waals surface area contributed by atoms with E-state index in [1.54, 1.807) is 0 Å². The zero-order chi connectivity index (χ0) is 25.3. The summed E-state index contributed by atoms with van der Waals surface area (Å²) in [7, 11) is 0. The van der Waals surface area contributed by atoms with E-state index in [9.17, 15) is 0 Å². The number of rotatable bonds is 8. The fraction of sp³-hybridized carbons (Fsp3) is 0.562. The fourth-order valence-corrected chi connectivity index (χ4v) is 4.19. The first kappa shape index (κ1) is 26.4. The van der Waals surface area contributed by atoms with Crippen LogP contribution in [0.15, 0.2) is 36.4 Å². The van der Waals surface area contributed by atoms with E-state index >= 15 is 0 Å². The van der Waals surface area contributed by atoms with Gasteiger partial charge in [0.2, 0.25) is 0 Å². The van der Waals surface area contributed by atoms with Crippen LogP contribution in [0.25, 0.3) is 21.5 Å². The minimum Gasteiger partial charge on any atom is -0.492 e. The average molecular weight is 463 g/mol. The van der Waals surface area contributed by atoms with Crippen LogP contribution in [0.1, 0.15) is 93.2 Å². The van der Waals surface area contributed by atoms with Crippen molar-refractivity contribution in [1.82, 2.24) is 0 Å². The maximum Gasteiger partial charge on any atom is 0.135 e. The van der Waals surface area contributed by atoms with Gasteiger partial charge in [0.15, 0.2) is 0 Å². The Balaban J connectivity index is 2.32. The molecule has 2 nitrogen and oxygen atoms in total. The third kappa shape index (κ3) is 6.06. The van der Waals surface area contributed by atoms with Gasteiger partial charge in [0, 0.05) is 21.5 Å². The van der Waals surface area contributed by atoms with Gasteiger partial charge in [-0.2, -0.15) is 0 Å². The zero-order valence-corrected chi connectivity index (χ0v) is 23.3. The summed E-state index contributed by atoms with van der Waals surface area (Å²) in [6.07, 6.45) is 2.07. The zero-order valence-electron chi connectivity index (χ0n) is 23.3. The van der Waals surface area contributed by atoms with Crippen LogP contribution in [0, 0.1) is 11.8 Å². The summed E-state index contributed by atoms with van der Waals surface area (Å²) in [5.41, 5.74) is 2.75. The van der Waals surface area contributed by atoms with Gasteiger partial charge in [-0.1, -0.05) is 93.5 Å². The molecule has 0 saturated heterocycles. The van der Waals surface area contributed by atoms with E-state index in [1.165, 1.54) is 11.1 Å². The van der Waals surface area contributed by atoms with E-state index in [0.29, 0.717) is 11.8 Å². The molecule has 0 aliphatic carbocycles. The summed E-state index contributed by atoms with van der Waals surface area (Å²) in [5, 5.41) is 4.61. The fourth-order valence-electron chi connectivity index (χ4n) is 4.19. The summed E-state index contributed by atoms with van der Waals surface area (Å²) >= 11 is 0. The van der Waals surface area contributed by atoms with Crippen molar-refractivity contribution in [3.8, 4) is 11.5 Å². The van der Waals surface area contributed by atoms with Gasteiger partial charge in [-0.05, 0) is 58.8 Å². The molecule has 3 aromatic carbocycles. The maximum atomic E-state index is 6.58. The Labute approximate surface area is 208 Å². The summed E-state index contributed by atoms with van der Waals surface area (Å²) in [6.45, 7) is 24.0. The highest BCUT2D eigenvalue weighted by molar-refractivity contribution is 6.11. The van der Waals surface area contributed by atoms with Crippen LogP contribution in [-0.2, 0) is 10.8 Å². The van der Waals surface area contributed by atoms with Gasteiger partial charge >= 0.3 is 0 Å². The van der Waals surface area contributed by atoms with Crippen molar-refractivity contribution in [1.29, 1.82) is 0 Å². The Morgan fingerprint density at radius 3 is 1.21 bits per heavy atom. The summed E-state index contributed by atoms with van der Waals surface area (Å²) in [4.78, 5) is 0. The molecule has 0 atom stereocenters. The maximum absolute atomic E-state index is 6.58. The highest BCUT2D eigenvalue weighted by Crippen LogP contribution is 2.45. The average Bonchev–Trinajstić information content (AvgIpc) is 2.72. The van der Waals surface area contributed by atoms with Crippen molar-refractivity contribution < 1.29 is 9.47 Å². The van der Waals surface area contributed by atoms with E-state index in [0.717, 1.165) is 59.1 Å². The number of hydrogen-bond acceptors (Lipinski definition) is 2. The van der Waals surface area contributed by atoms with Gasteiger partial charge in [-0.25, -0.2) is 0 Å². The van der Waals surface area contributed by atoms with Crippen LogP contribution < -0.4 is 9.47 Å². The normalized spacial score (nSPS) is 12.8. The molecule has 0 amide bonds. The molecule has 0 heterocycles. The Hall–Kier alpha value is -2.22. The Bertz CT molecular complexity index is 1030. The lowest BCUT2D eigenvalue weighted by Gasteiger charge is -2.24. The molecular formula is C32H46O2. The van der Waals surface area contributed by atoms with Crippen LogP contribution in [0.3, 0.4) is 0 Å². The summed E-state index contributed by atoms with van der Waals surface area (Å²) < 4.78 is 13.2. The minimum absolute atomic E-state index is 0.0626. The van der Waals surface area contributed by atoms with Crippen LogP contribution in [0.2, 0.25) is 0 Å². The molecule has 0 aromatic heterocycles. The van der Waals surface area contributed by atoms with Gasteiger partial charge in [-0.15, -0.1) is 0 Å². The Morgan fingerprint density at radius 1 is 0.559 bits per heavy atom. The molecule has 2 heteroatoms. The van der Waals surface area contributed by atoms with E-state index in [-0.39, 0.29) is 10.8 Å². The lowest BCUT2D eigenvalue weighted by Crippen LogP contribution is -2.12. The van der Waals surface area contributed by atoms with E-state index < -0.39 is 0 Å². The first-order valence-electron chi connectivity index (χ1n) is 13.1. The second-order valence-corrected chi connectivity index (χ2v) is 12.7. The molecule has 0 radical (unpaired) electrons. The van der Waals surface area contributed by atoms with Gasteiger partial charge in [-0.3, -0.25) is 0 Å². The third-order valence-electron chi connectivity index (χ3n) is 6.63. The predicted molar refractivity (Wildman–Crippen MR) is 149 cm³/mol. The predicted octanol–water partition coefficient (Wildman–Crippen LogP) is 9.44. The molecule has 34 heavy (non-hydrogen) atoms. The number of ether oxygens (including phenoxy) is 2. The molecule has 0 fully saturated rings. The van der Waals surface area contributed by atoms with Crippen molar-refractivity contribution in [3.63, 3.8) is 0 Å². The molecule has 0 aliphatic heterocycles. The molecule has 0 aliphatic rings. The third-order valence-corrected chi connectivity index (χ3v) is 6.63. The Kier molecular flexibility index (Phi) is 7.90. The topological polar surface area (TPSA) is 18.5 Å². The van der Waals surface area contributed by atoms with Crippen LogP contribution in [-0.4, -0.2) is 13.2 Å². The van der Waals surface area contributed by atoms with Crippen LogP contribution in [0.5, 0.6) is 11.5 Å². The molecule has 0 unspecified atom stereocenters. The standard InChI is InChI=1S/C32H46O2/c1-21(2)15-17-33-29-25-13-11-24(32(8,9)10)20-28(25)30(34-18-16-22(3)4)26-14-12-23(19-27(26)29)31(5,6)7/h11-14,19-22H,15-18H2,1-10H3. The van der Waals surface area contributed by atoms with Crippen LogP contribution >= 0.6 is 0 Å². The summed E-state index contributed by atoms with van der Waals surface area (Å²) in [5.74, 6) is 3.20. The van der Waals surface area contributed by atoms with E-state index in [4.69, 9.17) is 9.47 Å². The second-order valence-electron chi connectivity index (χ2n) is 12.7. The number of hydrogen-bond donors (Lipinski definition) is 0. The minimum atomic E-state index is 0.0626. The highest BCUT2D eigenvalue weighted by Gasteiger charge is 2.22. The molecule has 0 bridgehead atoms. The SMILES string of the molecule is CC(C)CCOc1c2ccc(C(C)(C)C)cc2c(OCCC(C)C)c2ccc(C(C)(C)C)cc12. The number of benzene rings is 3. The summed E-state index contributed by atoms with van der Waals surface area (Å²) in [6, 6.07) is 13.7. The van der Waals surface area contributed by atoms with Crippen molar-refractivity contribution in [2.24, 2.45) is 11.8 Å². The van der Waals surface area contributed by atoms with E-state index in [2.05, 4.69) is 106 Å². The van der Waals surface area contributed by atoms with Gasteiger partial charge in [0.25, 0.3) is 0 Å². The lowest BCUT2D eigenvalue weighted by atomic mass is 9.83.